The standard InChI is InChI=1S/C16H16O2/c1-11-5-4-7-13(9-11)16-14(17)10-12-6-2-3-8-15(12)18-16/h2-9,14,16-17H,10H2,1H3/t14-,16+/m0/s1. The molecule has 0 aliphatic carbocycles. The summed E-state index contributed by atoms with van der Waals surface area (Å²) in [5.74, 6) is 0.884. The molecule has 1 N–H and O–H groups in total. The van der Waals surface area contributed by atoms with E-state index >= 15 is 0 Å². The summed E-state index contributed by atoms with van der Waals surface area (Å²) in [6, 6.07) is 16.0. The van der Waals surface area contributed by atoms with Crippen molar-refractivity contribution < 1.29 is 9.84 Å². The van der Waals surface area contributed by atoms with Crippen molar-refractivity contribution >= 4 is 0 Å². The first-order chi connectivity index (χ1) is 8.74. The molecule has 0 spiro atoms. The third kappa shape index (κ3) is 2.00. The highest BCUT2D eigenvalue weighted by Gasteiger charge is 2.29. The van der Waals surface area contributed by atoms with E-state index in [1.807, 2.05) is 49.4 Å². The Kier molecular flexibility index (Phi) is 2.80. The second kappa shape index (κ2) is 4.46. The minimum absolute atomic E-state index is 0.264. The molecule has 2 nitrogen and oxygen atoms in total. The second-order valence-electron chi connectivity index (χ2n) is 4.83. The van der Waals surface area contributed by atoms with Crippen LogP contribution in [0.15, 0.2) is 48.5 Å². The summed E-state index contributed by atoms with van der Waals surface area (Å²) in [4.78, 5) is 0. The first-order valence-corrected chi connectivity index (χ1v) is 6.23. The van der Waals surface area contributed by atoms with E-state index in [4.69, 9.17) is 4.74 Å². The van der Waals surface area contributed by atoms with Gasteiger partial charge in [-0.25, -0.2) is 0 Å². The minimum atomic E-state index is -0.485. The van der Waals surface area contributed by atoms with Gasteiger partial charge in [0.1, 0.15) is 11.9 Å². The summed E-state index contributed by atoms with van der Waals surface area (Å²) in [7, 11) is 0. The Bertz CT molecular complexity index is 563. The van der Waals surface area contributed by atoms with Crippen molar-refractivity contribution in [3.8, 4) is 5.75 Å². The molecular formula is C16H16O2. The Morgan fingerprint density at radius 2 is 1.94 bits per heavy atom. The van der Waals surface area contributed by atoms with Gasteiger partial charge in [0.05, 0.1) is 6.10 Å². The molecule has 92 valence electrons. The Hall–Kier alpha value is -1.80. The Balaban J connectivity index is 1.96. The number of hydrogen-bond acceptors (Lipinski definition) is 2. The van der Waals surface area contributed by atoms with Crippen LogP contribution in [0.25, 0.3) is 0 Å². The topological polar surface area (TPSA) is 29.5 Å². The van der Waals surface area contributed by atoms with Crippen LogP contribution in [0.1, 0.15) is 22.8 Å². The molecule has 2 atom stereocenters. The summed E-state index contributed by atoms with van der Waals surface area (Å²) in [5.41, 5.74) is 3.30. The van der Waals surface area contributed by atoms with Gasteiger partial charge < -0.3 is 9.84 Å². The lowest BCUT2D eigenvalue weighted by atomic mass is 9.94. The normalized spacial score (nSPS) is 22.1. The zero-order valence-electron chi connectivity index (χ0n) is 10.3. The summed E-state index contributed by atoms with van der Waals surface area (Å²) in [5, 5.41) is 10.2. The summed E-state index contributed by atoms with van der Waals surface area (Å²) >= 11 is 0. The van der Waals surface area contributed by atoms with Gasteiger partial charge in [-0.2, -0.15) is 0 Å². The number of hydrogen-bond donors (Lipinski definition) is 1. The fourth-order valence-electron chi connectivity index (χ4n) is 2.47. The largest absolute Gasteiger partial charge is 0.483 e. The Morgan fingerprint density at radius 1 is 1.11 bits per heavy atom. The number of fused-ring (bicyclic) bond motifs is 1. The number of aryl methyl sites for hydroxylation is 1. The molecule has 0 unspecified atom stereocenters. The van der Waals surface area contributed by atoms with Gasteiger partial charge in [0.15, 0.2) is 0 Å². The molecule has 1 heterocycles. The zero-order chi connectivity index (χ0) is 12.5. The Labute approximate surface area is 107 Å². The van der Waals surface area contributed by atoms with E-state index < -0.39 is 6.10 Å². The van der Waals surface area contributed by atoms with Gasteiger partial charge in [0, 0.05) is 6.42 Å². The molecule has 2 aromatic carbocycles. The number of para-hydroxylation sites is 1. The van der Waals surface area contributed by atoms with Crippen molar-refractivity contribution in [3.05, 3.63) is 65.2 Å². The molecule has 0 fully saturated rings. The first kappa shape index (κ1) is 11.3. The third-order valence-electron chi connectivity index (χ3n) is 3.38. The van der Waals surface area contributed by atoms with E-state index in [0.29, 0.717) is 6.42 Å². The average molecular weight is 240 g/mol. The highest BCUT2D eigenvalue weighted by atomic mass is 16.5. The number of aliphatic hydroxyl groups excluding tert-OH is 1. The summed E-state index contributed by atoms with van der Waals surface area (Å²) in [6.07, 6.45) is -0.101. The molecule has 1 aliphatic heterocycles. The molecule has 3 rings (SSSR count). The molecule has 1 aliphatic rings. The lowest BCUT2D eigenvalue weighted by Crippen LogP contribution is -2.30. The Morgan fingerprint density at radius 3 is 2.78 bits per heavy atom. The molecule has 2 aromatic rings. The maximum absolute atomic E-state index is 10.2. The van der Waals surface area contributed by atoms with Crippen molar-refractivity contribution in [3.63, 3.8) is 0 Å². The van der Waals surface area contributed by atoms with E-state index in [-0.39, 0.29) is 6.10 Å². The van der Waals surface area contributed by atoms with Gasteiger partial charge in [-0.1, -0.05) is 48.0 Å². The van der Waals surface area contributed by atoms with E-state index in [9.17, 15) is 5.11 Å². The summed E-state index contributed by atoms with van der Waals surface area (Å²) in [6.45, 7) is 2.05. The maximum atomic E-state index is 10.2. The van der Waals surface area contributed by atoms with Gasteiger partial charge in [-0.15, -0.1) is 0 Å². The highest BCUT2D eigenvalue weighted by molar-refractivity contribution is 5.38. The van der Waals surface area contributed by atoms with Crippen LogP contribution in [-0.2, 0) is 6.42 Å². The highest BCUT2D eigenvalue weighted by Crippen LogP contribution is 2.34. The maximum Gasteiger partial charge on any atom is 0.150 e. The van der Waals surface area contributed by atoms with Gasteiger partial charge >= 0.3 is 0 Å². The smallest absolute Gasteiger partial charge is 0.150 e. The zero-order valence-corrected chi connectivity index (χ0v) is 10.3. The van der Waals surface area contributed by atoms with Gasteiger partial charge in [-0.05, 0) is 24.1 Å². The van der Waals surface area contributed by atoms with Crippen molar-refractivity contribution in [1.29, 1.82) is 0 Å². The lowest BCUT2D eigenvalue weighted by molar-refractivity contribution is 0.0208. The van der Waals surface area contributed by atoms with Crippen LogP contribution in [0.4, 0.5) is 0 Å². The third-order valence-corrected chi connectivity index (χ3v) is 3.38. The van der Waals surface area contributed by atoms with Crippen LogP contribution in [0.2, 0.25) is 0 Å². The molecule has 0 saturated heterocycles. The van der Waals surface area contributed by atoms with Crippen molar-refractivity contribution in [2.24, 2.45) is 0 Å². The molecule has 0 amide bonds. The van der Waals surface area contributed by atoms with E-state index in [1.165, 1.54) is 5.56 Å². The molecule has 0 bridgehead atoms. The monoisotopic (exact) mass is 240 g/mol. The lowest BCUT2D eigenvalue weighted by Gasteiger charge is -2.31. The molecule has 0 radical (unpaired) electrons. The van der Waals surface area contributed by atoms with Gasteiger partial charge in [-0.3, -0.25) is 0 Å². The van der Waals surface area contributed by atoms with E-state index in [2.05, 4.69) is 6.07 Å². The fraction of sp³-hybridized carbons (Fsp3) is 0.250. The SMILES string of the molecule is Cc1cccc([C@H]2Oc3ccccc3C[C@@H]2O)c1. The van der Waals surface area contributed by atoms with E-state index in [0.717, 1.165) is 16.9 Å². The minimum Gasteiger partial charge on any atom is -0.483 e. The quantitative estimate of drug-likeness (QED) is 0.830. The molecule has 0 saturated carbocycles. The van der Waals surface area contributed by atoms with Gasteiger partial charge in [0.25, 0.3) is 0 Å². The number of rotatable bonds is 1. The van der Waals surface area contributed by atoms with E-state index in [1.54, 1.807) is 0 Å². The first-order valence-electron chi connectivity index (χ1n) is 6.23. The van der Waals surface area contributed by atoms with Crippen molar-refractivity contribution in [2.45, 2.75) is 25.6 Å². The molecule has 0 aromatic heterocycles. The summed E-state index contributed by atoms with van der Waals surface area (Å²) < 4.78 is 5.94. The van der Waals surface area contributed by atoms with Crippen LogP contribution in [0.5, 0.6) is 5.75 Å². The fourth-order valence-corrected chi connectivity index (χ4v) is 2.47. The molecule has 2 heteroatoms. The average Bonchev–Trinajstić information content (AvgIpc) is 2.38. The van der Waals surface area contributed by atoms with Gasteiger partial charge in [0.2, 0.25) is 0 Å². The van der Waals surface area contributed by atoms with Crippen molar-refractivity contribution in [2.75, 3.05) is 0 Å². The van der Waals surface area contributed by atoms with Crippen LogP contribution in [0.3, 0.4) is 0 Å². The number of aliphatic hydroxyl groups is 1. The van der Waals surface area contributed by atoms with Crippen LogP contribution in [-0.4, -0.2) is 11.2 Å². The predicted molar refractivity (Wildman–Crippen MR) is 70.7 cm³/mol. The predicted octanol–water partition coefficient (Wildman–Crippen LogP) is 3.03. The van der Waals surface area contributed by atoms with Crippen LogP contribution < -0.4 is 4.74 Å². The number of ether oxygens (including phenoxy) is 1. The molecular weight excluding hydrogens is 224 g/mol. The van der Waals surface area contributed by atoms with Crippen LogP contribution in [0, 0.1) is 6.92 Å². The number of benzene rings is 2. The van der Waals surface area contributed by atoms with Crippen LogP contribution >= 0.6 is 0 Å². The second-order valence-corrected chi connectivity index (χ2v) is 4.83. The van der Waals surface area contributed by atoms with Crippen molar-refractivity contribution in [1.82, 2.24) is 0 Å². The molecule has 18 heavy (non-hydrogen) atoms.